The molecule has 0 amide bonds. The van der Waals surface area contributed by atoms with Gasteiger partial charge in [0.05, 0.1) is 0 Å². The molecule has 1 nitrogen and oxygen atoms in total. The molecule has 0 radical (unpaired) electrons. The maximum atomic E-state index is 2.34. The zero-order valence-electron chi connectivity index (χ0n) is 8.33. The normalized spacial score (nSPS) is 15.4. The second-order valence-corrected chi connectivity index (χ2v) is 3.93. The van der Waals surface area contributed by atoms with Crippen LogP contribution in [0.1, 0.15) is 24.6 Å². The number of pyridine rings is 1. The third-order valence-corrected chi connectivity index (χ3v) is 3.04. The Balaban J connectivity index is 2.40. The minimum absolute atomic E-state index is 1.17. The highest BCUT2D eigenvalue weighted by Crippen LogP contribution is 2.28. The van der Waals surface area contributed by atoms with Crippen molar-refractivity contribution in [2.45, 2.75) is 19.8 Å². The third-order valence-electron chi connectivity index (χ3n) is 3.04. The van der Waals surface area contributed by atoms with E-state index in [1.807, 2.05) is 0 Å². The average molecular weight is 183 g/mol. The smallest absolute Gasteiger partial charge is 0.0459 e. The van der Waals surface area contributed by atoms with E-state index < -0.39 is 0 Å². The van der Waals surface area contributed by atoms with Gasteiger partial charge in [0.1, 0.15) is 0 Å². The number of allylic oxidation sites excluding steroid dienone is 2. The summed E-state index contributed by atoms with van der Waals surface area (Å²) in [5.41, 5.74) is 5.64. The van der Waals surface area contributed by atoms with Crippen molar-refractivity contribution < 1.29 is 0 Å². The lowest BCUT2D eigenvalue weighted by Gasteiger charge is -2.10. The number of hydrogen-bond acceptors (Lipinski definition) is 0. The van der Waals surface area contributed by atoms with Gasteiger partial charge in [0, 0.05) is 17.4 Å². The molecule has 0 fully saturated rings. The molecule has 0 bridgehead atoms. The Bertz CT molecular complexity index is 517. The van der Waals surface area contributed by atoms with Crippen molar-refractivity contribution in [3.63, 3.8) is 0 Å². The van der Waals surface area contributed by atoms with Gasteiger partial charge >= 0.3 is 0 Å². The van der Waals surface area contributed by atoms with E-state index in [-0.39, 0.29) is 0 Å². The first-order valence-electron chi connectivity index (χ1n) is 5.12. The highest BCUT2D eigenvalue weighted by molar-refractivity contribution is 5.73. The maximum absolute atomic E-state index is 2.34. The summed E-state index contributed by atoms with van der Waals surface area (Å²) in [6.07, 6.45) is 6.85. The minimum atomic E-state index is 1.17. The van der Waals surface area contributed by atoms with Crippen LogP contribution in [-0.2, 0) is 6.42 Å². The van der Waals surface area contributed by atoms with Crippen LogP contribution in [-0.4, -0.2) is 4.40 Å². The molecule has 0 saturated carbocycles. The lowest BCUT2D eigenvalue weighted by Crippen LogP contribution is -1.98. The number of nitrogens with zero attached hydrogens (tertiary/aromatic N) is 1. The molecule has 2 heterocycles. The maximum Gasteiger partial charge on any atom is 0.0459 e. The second kappa shape index (κ2) is 2.74. The first kappa shape index (κ1) is 7.86. The van der Waals surface area contributed by atoms with E-state index in [0.717, 1.165) is 0 Å². The number of aryl methyl sites for hydroxylation is 1. The first-order chi connectivity index (χ1) is 6.86. The summed E-state index contributed by atoms with van der Waals surface area (Å²) in [7, 11) is 0. The molecule has 0 aliphatic heterocycles. The van der Waals surface area contributed by atoms with Crippen LogP contribution >= 0.6 is 0 Å². The standard InChI is InChI=1S/C13H13N/c1-10-5-4-7-13-12(10)9-11-6-2-3-8-14(11)13/h2-3,5-6,8-9H,4,7H2,1H3. The lowest BCUT2D eigenvalue weighted by molar-refractivity contribution is 0.902. The summed E-state index contributed by atoms with van der Waals surface area (Å²) in [5.74, 6) is 0. The van der Waals surface area contributed by atoms with Crippen molar-refractivity contribution >= 4 is 11.1 Å². The Kier molecular flexibility index (Phi) is 1.54. The van der Waals surface area contributed by atoms with Crippen LogP contribution in [0.25, 0.3) is 11.1 Å². The van der Waals surface area contributed by atoms with Crippen LogP contribution in [0.5, 0.6) is 0 Å². The molecule has 0 N–H and O–H groups in total. The molecule has 0 saturated heterocycles. The van der Waals surface area contributed by atoms with Crippen molar-refractivity contribution in [3.8, 4) is 0 Å². The Labute approximate surface area is 83.7 Å². The summed E-state index contributed by atoms with van der Waals surface area (Å²) in [4.78, 5) is 0. The predicted molar refractivity (Wildman–Crippen MR) is 59.4 cm³/mol. The summed E-state index contributed by atoms with van der Waals surface area (Å²) in [6, 6.07) is 8.66. The zero-order valence-corrected chi connectivity index (χ0v) is 8.33. The molecular formula is C13H13N. The SMILES string of the molecule is CC1=CCCc2c1cc1ccccn21. The van der Waals surface area contributed by atoms with Gasteiger partial charge in [-0.1, -0.05) is 12.1 Å². The fourth-order valence-corrected chi connectivity index (χ4v) is 2.31. The Hall–Kier alpha value is -1.50. The number of hydrogen-bond donors (Lipinski definition) is 0. The fourth-order valence-electron chi connectivity index (χ4n) is 2.31. The molecular weight excluding hydrogens is 170 g/mol. The van der Waals surface area contributed by atoms with Gasteiger partial charge < -0.3 is 4.40 Å². The van der Waals surface area contributed by atoms with Gasteiger partial charge in [-0.25, -0.2) is 0 Å². The van der Waals surface area contributed by atoms with Gasteiger partial charge in [-0.05, 0) is 49.1 Å². The Morgan fingerprint density at radius 2 is 2.21 bits per heavy atom. The van der Waals surface area contributed by atoms with Gasteiger partial charge in [-0.15, -0.1) is 0 Å². The second-order valence-electron chi connectivity index (χ2n) is 3.93. The molecule has 1 heteroatoms. The average Bonchev–Trinajstić information content (AvgIpc) is 2.59. The van der Waals surface area contributed by atoms with E-state index in [1.165, 1.54) is 35.2 Å². The molecule has 70 valence electrons. The monoisotopic (exact) mass is 183 g/mol. The van der Waals surface area contributed by atoms with Crippen LogP contribution < -0.4 is 0 Å². The fraction of sp³-hybridized carbons (Fsp3) is 0.231. The predicted octanol–water partition coefficient (Wildman–Crippen LogP) is 3.29. The van der Waals surface area contributed by atoms with Crippen molar-refractivity contribution in [2.24, 2.45) is 0 Å². The summed E-state index contributed by atoms with van der Waals surface area (Å²) >= 11 is 0. The Morgan fingerprint density at radius 3 is 3.14 bits per heavy atom. The molecule has 0 unspecified atom stereocenters. The van der Waals surface area contributed by atoms with E-state index in [4.69, 9.17) is 0 Å². The number of aromatic nitrogens is 1. The van der Waals surface area contributed by atoms with E-state index in [2.05, 4.69) is 47.9 Å². The van der Waals surface area contributed by atoms with Crippen molar-refractivity contribution in [3.05, 3.63) is 47.8 Å². The molecule has 2 aromatic heterocycles. The van der Waals surface area contributed by atoms with Gasteiger partial charge in [0.15, 0.2) is 0 Å². The van der Waals surface area contributed by atoms with Crippen LogP contribution in [0, 0.1) is 0 Å². The van der Waals surface area contributed by atoms with Crippen molar-refractivity contribution in [2.75, 3.05) is 0 Å². The van der Waals surface area contributed by atoms with E-state index >= 15 is 0 Å². The molecule has 0 atom stereocenters. The summed E-state index contributed by atoms with van der Waals surface area (Å²) < 4.78 is 2.31. The highest BCUT2D eigenvalue weighted by atomic mass is 14.9. The van der Waals surface area contributed by atoms with Gasteiger partial charge in [0.25, 0.3) is 0 Å². The number of fused-ring (bicyclic) bond motifs is 3. The first-order valence-corrected chi connectivity index (χ1v) is 5.12. The topological polar surface area (TPSA) is 4.41 Å². The highest BCUT2D eigenvalue weighted by Gasteiger charge is 2.13. The van der Waals surface area contributed by atoms with Crippen LogP contribution in [0.3, 0.4) is 0 Å². The molecule has 1 aliphatic carbocycles. The van der Waals surface area contributed by atoms with E-state index in [9.17, 15) is 0 Å². The van der Waals surface area contributed by atoms with Crippen molar-refractivity contribution in [1.29, 1.82) is 0 Å². The van der Waals surface area contributed by atoms with E-state index in [1.54, 1.807) is 0 Å². The lowest BCUT2D eigenvalue weighted by atomic mass is 9.98. The molecule has 3 rings (SSSR count). The Morgan fingerprint density at radius 1 is 1.29 bits per heavy atom. The number of rotatable bonds is 0. The van der Waals surface area contributed by atoms with E-state index in [0.29, 0.717) is 0 Å². The zero-order chi connectivity index (χ0) is 9.54. The largest absolute Gasteiger partial charge is 0.320 e. The van der Waals surface area contributed by atoms with Gasteiger partial charge in [0.2, 0.25) is 0 Å². The molecule has 0 aromatic carbocycles. The molecule has 0 spiro atoms. The van der Waals surface area contributed by atoms with Gasteiger partial charge in [-0.3, -0.25) is 0 Å². The third kappa shape index (κ3) is 0.955. The van der Waals surface area contributed by atoms with Crippen molar-refractivity contribution in [1.82, 2.24) is 4.40 Å². The molecule has 2 aromatic rings. The minimum Gasteiger partial charge on any atom is -0.320 e. The van der Waals surface area contributed by atoms with Crippen LogP contribution in [0.2, 0.25) is 0 Å². The quantitative estimate of drug-likeness (QED) is 0.590. The molecule has 14 heavy (non-hydrogen) atoms. The van der Waals surface area contributed by atoms with Crippen LogP contribution in [0.4, 0.5) is 0 Å². The van der Waals surface area contributed by atoms with Crippen LogP contribution in [0.15, 0.2) is 36.5 Å². The van der Waals surface area contributed by atoms with Gasteiger partial charge in [-0.2, -0.15) is 0 Å². The molecule has 1 aliphatic rings. The summed E-state index contributed by atoms with van der Waals surface area (Å²) in [6.45, 7) is 2.21. The summed E-state index contributed by atoms with van der Waals surface area (Å²) in [5, 5.41) is 0.